The lowest BCUT2D eigenvalue weighted by Gasteiger charge is -2.39. The van der Waals surface area contributed by atoms with Crippen molar-refractivity contribution in [3.05, 3.63) is 11.6 Å². The SMILES string of the molecule is CCNC(=NCCCc1nnc2n1CCCCC2)N1CCS(=O)(=O)C(C)(C)C1.I. The summed E-state index contributed by atoms with van der Waals surface area (Å²) >= 11 is 0. The van der Waals surface area contributed by atoms with Crippen molar-refractivity contribution in [3.8, 4) is 0 Å². The number of aryl methyl sites for hydroxylation is 2. The maximum Gasteiger partial charge on any atom is 0.193 e. The van der Waals surface area contributed by atoms with E-state index in [-0.39, 0.29) is 29.7 Å². The molecule has 2 aliphatic heterocycles. The van der Waals surface area contributed by atoms with Gasteiger partial charge >= 0.3 is 0 Å². The van der Waals surface area contributed by atoms with Crippen molar-refractivity contribution in [1.82, 2.24) is 25.0 Å². The second kappa shape index (κ2) is 10.4. The van der Waals surface area contributed by atoms with Gasteiger partial charge in [-0.2, -0.15) is 0 Å². The molecule has 1 aromatic rings. The van der Waals surface area contributed by atoms with Crippen LogP contribution in [0.15, 0.2) is 4.99 Å². The second-order valence-electron chi connectivity index (χ2n) is 8.33. The Kier molecular flexibility index (Phi) is 8.74. The van der Waals surface area contributed by atoms with Gasteiger partial charge in [0.05, 0.1) is 10.5 Å². The number of fused-ring (bicyclic) bond motifs is 1. The fourth-order valence-corrected chi connectivity index (χ4v) is 5.27. The minimum absolute atomic E-state index is 0. The summed E-state index contributed by atoms with van der Waals surface area (Å²) in [6, 6.07) is 0. The van der Waals surface area contributed by atoms with Gasteiger partial charge < -0.3 is 14.8 Å². The summed E-state index contributed by atoms with van der Waals surface area (Å²) < 4.78 is 26.1. The predicted molar refractivity (Wildman–Crippen MR) is 127 cm³/mol. The Balaban J connectivity index is 0.00000300. The highest BCUT2D eigenvalue weighted by atomic mass is 127. The van der Waals surface area contributed by atoms with E-state index in [0.29, 0.717) is 19.6 Å². The van der Waals surface area contributed by atoms with Crippen LogP contribution in [0.2, 0.25) is 0 Å². The number of aromatic nitrogens is 3. The van der Waals surface area contributed by atoms with Gasteiger partial charge in [0, 0.05) is 45.6 Å². The Morgan fingerprint density at radius 3 is 2.72 bits per heavy atom. The maximum atomic E-state index is 12.3. The monoisotopic (exact) mass is 538 g/mol. The van der Waals surface area contributed by atoms with Crippen molar-refractivity contribution in [2.75, 3.05) is 31.9 Å². The van der Waals surface area contributed by atoms with Crippen LogP contribution < -0.4 is 5.32 Å². The smallest absolute Gasteiger partial charge is 0.193 e. The number of hydrogen-bond acceptors (Lipinski definition) is 5. The molecule has 1 fully saturated rings. The Morgan fingerprint density at radius 2 is 2.00 bits per heavy atom. The number of halogens is 1. The lowest BCUT2D eigenvalue weighted by molar-refractivity contribution is 0.353. The zero-order valence-electron chi connectivity index (χ0n) is 17.9. The topological polar surface area (TPSA) is 92.5 Å². The first kappa shape index (κ1) is 24.4. The molecule has 8 nitrogen and oxygen atoms in total. The van der Waals surface area contributed by atoms with Crippen molar-refractivity contribution in [2.45, 2.75) is 70.6 Å². The van der Waals surface area contributed by atoms with Gasteiger partial charge in [-0.25, -0.2) is 8.42 Å². The van der Waals surface area contributed by atoms with Gasteiger partial charge in [0.25, 0.3) is 0 Å². The molecule has 166 valence electrons. The molecule has 1 aromatic heterocycles. The van der Waals surface area contributed by atoms with E-state index in [0.717, 1.165) is 50.0 Å². The van der Waals surface area contributed by atoms with E-state index in [1.54, 1.807) is 13.8 Å². The summed E-state index contributed by atoms with van der Waals surface area (Å²) in [5.41, 5.74) is 0. The number of sulfone groups is 1. The molecule has 3 rings (SSSR count). The van der Waals surface area contributed by atoms with E-state index < -0.39 is 14.6 Å². The van der Waals surface area contributed by atoms with Crippen LogP contribution in [0.5, 0.6) is 0 Å². The first-order valence-corrected chi connectivity index (χ1v) is 12.2. The first-order chi connectivity index (χ1) is 13.3. The molecule has 29 heavy (non-hydrogen) atoms. The molecule has 0 radical (unpaired) electrons. The van der Waals surface area contributed by atoms with Crippen LogP contribution in [-0.2, 0) is 29.2 Å². The highest BCUT2D eigenvalue weighted by Gasteiger charge is 2.40. The zero-order chi connectivity index (χ0) is 20.2. The molecule has 0 aliphatic carbocycles. The minimum Gasteiger partial charge on any atom is -0.357 e. The van der Waals surface area contributed by atoms with Crippen molar-refractivity contribution >= 4 is 39.8 Å². The normalized spacial score (nSPS) is 21.1. The van der Waals surface area contributed by atoms with Crippen molar-refractivity contribution < 1.29 is 8.42 Å². The van der Waals surface area contributed by atoms with Gasteiger partial charge in [-0.3, -0.25) is 4.99 Å². The fraction of sp³-hybridized carbons (Fsp3) is 0.842. The molecule has 0 saturated carbocycles. The summed E-state index contributed by atoms with van der Waals surface area (Å²) in [5, 5.41) is 12.1. The summed E-state index contributed by atoms with van der Waals surface area (Å²) in [4.78, 5) is 6.84. The Bertz CT molecular complexity index is 806. The van der Waals surface area contributed by atoms with Gasteiger partial charge in [-0.1, -0.05) is 6.42 Å². The van der Waals surface area contributed by atoms with E-state index in [1.807, 2.05) is 6.92 Å². The Morgan fingerprint density at radius 1 is 1.21 bits per heavy atom. The molecule has 0 bridgehead atoms. The van der Waals surface area contributed by atoms with E-state index >= 15 is 0 Å². The van der Waals surface area contributed by atoms with Crippen LogP contribution >= 0.6 is 24.0 Å². The molecular formula is C19H35IN6O2S. The number of nitrogens with one attached hydrogen (secondary N) is 1. The number of rotatable bonds is 5. The molecule has 1 saturated heterocycles. The van der Waals surface area contributed by atoms with Crippen LogP contribution in [0, 0.1) is 0 Å². The highest BCUT2D eigenvalue weighted by Crippen LogP contribution is 2.23. The Labute approximate surface area is 191 Å². The van der Waals surface area contributed by atoms with Gasteiger partial charge in [0.2, 0.25) is 0 Å². The number of nitrogens with zero attached hydrogens (tertiary/aromatic N) is 5. The summed E-state index contributed by atoms with van der Waals surface area (Å²) in [7, 11) is -3.05. The molecule has 0 atom stereocenters. The van der Waals surface area contributed by atoms with Gasteiger partial charge in [-0.15, -0.1) is 34.2 Å². The van der Waals surface area contributed by atoms with Gasteiger partial charge in [0.15, 0.2) is 15.8 Å². The standard InChI is InChI=1S/C19H34N6O2S.HI/c1-4-20-18(24-13-14-28(26,27)19(2,3)15-24)21-11-8-10-17-23-22-16-9-6-5-7-12-25(16)17;/h4-15H2,1-3H3,(H,20,21);1H. The largest absolute Gasteiger partial charge is 0.357 e. The molecule has 3 heterocycles. The van der Waals surface area contributed by atoms with Crippen LogP contribution in [0.25, 0.3) is 0 Å². The van der Waals surface area contributed by atoms with Crippen molar-refractivity contribution in [3.63, 3.8) is 0 Å². The van der Waals surface area contributed by atoms with Crippen LogP contribution in [0.3, 0.4) is 0 Å². The molecule has 0 amide bonds. The molecule has 10 heteroatoms. The maximum absolute atomic E-state index is 12.3. The van der Waals surface area contributed by atoms with E-state index in [2.05, 4.69) is 25.0 Å². The zero-order valence-corrected chi connectivity index (χ0v) is 21.0. The summed E-state index contributed by atoms with van der Waals surface area (Å²) in [5.74, 6) is 3.19. The van der Waals surface area contributed by atoms with E-state index in [1.165, 1.54) is 19.3 Å². The number of guanidine groups is 1. The minimum atomic E-state index is -3.05. The first-order valence-electron chi connectivity index (χ1n) is 10.5. The van der Waals surface area contributed by atoms with Crippen LogP contribution in [0.1, 0.15) is 58.1 Å². The molecule has 1 N–H and O–H groups in total. The third kappa shape index (κ3) is 5.83. The lowest BCUT2D eigenvalue weighted by Crippen LogP contribution is -2.57. The van der Waals surface area contributed by atoms with E-state index in [9.17, 15) is 8.42 Å². The predicted octanol–water partition coefficient (Wildman–Crippen LogP) is 2.03. The quantitative estimate of drug-likeness (QED) is 0.267. The third-order valence-electron chi connectivity index (χ3n) is 5.68. The third-order valence-corrected chi connectivity index (χ3v) is 8.22. The average Bonchev–Trinajstić information content (AvgIpc) is 2.86. The molecule has 0 aromatic carbocycles. The van der Waals surface area contributed by atoms with Crippen molar-refractivity contribution in [2.24, 2.45) is 4.99 Å². The fourth-order valence-electron chi connectivity index (χ4n) is 3.90. The lowest BCUT2D eigenvalue weighted by atomic mass is 10.2. The summed E-state index contributed by atoms with van der Waals surface area (Å²) in [6.07, 6.45) is 6.48. The molecular weight excluding hydrogens is 503 g/mol. The molecule has 2 aliphatic rings. The number of hydrogen-bond donors (Lipinski definition) is 1. The average molecular weight is 539 g/mol. The van der Waals surface area contributed by atoms with Crippen LogP contribution in [-0.4, -0.2) is 70.7 Å². The number of aliphatic imine (C=N–C) groups is 1. The van der Waals surface area contributed by atoms with Gasteiger partial charge in [0.1, 0.15) is 11.6 Å². The second-order valence-corrected chi connectivity index (χ2v) is 11.1. The Hall–Kier alpha value is -0.910. The van der Waals surface area contributed by atoms with Crippen LogP contribution in [0.4, 0.5) is 0 Å². The van der Waals surface area contributed by atoms with E-state index in [4.69, 9.17) is 4.99 Å². The molecule has 0 spiro atoms. The highest BCUT2D eigenvalue weighted by molar-refractivity contribution is 14.0. The van der Waals surface area contributed by atoms with Gasteiger partial charge in [-0.05, 0) is 40.0 Å². The van der Waals surface area contributed by atoms with Crippen molar-refractivity contribution in [1.29, 1.82) is 0 Å². The summed E-state index contributed by atoms with van der Waals surface area (Å²) in [6.45, 7) is 9.08. The molecule has 0 unspecified atom stereocenters.